The molecular formula is C9H12N6S. The van der Waals surface area contributed by atoms with E-state index in [9.17, 15) is 0 Å². The van der Waals surface area contributed by atoms with Gasteiger partial charge in [0.15, 0.2) is 0 Å². The number of nitrogens with one attached hydrogen (secondary N) is 1. The van der Waals surface area contributed by atoms with E-state index in [4.69, 9.17) is 5.73 Å². The van der Waals surface area contributed by atoms with Crippen molar-refractivity contribution in [2.24, 2.45) is 0 Å². The summed E-state index contributed by atoms with van der Waals surface area (Å²) in [5, 5.41) is 8.20. The zero-order chi connectivity index (χ0) is 11.5. The summed E-state index contributed by atoms with van der Waals surface area (Å²) >= 11 is 1.37. The van der Waals surface area contributed by atoms with Gasteiger partial charge < -0.3 is 5.73 Å². The second-order valence-electron chi connectivity index (χ2n) is 3.21. The summed E-state index contributed by atoms with van der Waals surface area (Å²) in [6.07, 6.45) is 0.756. The Hall–Kier alpha value is -1.63. The molecule has 2 aromatic rings. The summed E-state index contributed by atoms with van der Waals surface area (Å²) in [5.41, 5.74) is 5.68. The Kier molecular flexibility index (Phi) is 3.04. The maximum Gasteiger partial charge on any atom is 0.214 e. The molecule has 0 aromatic carbocycles. The first-order valence-electron chi connectivity index (χ1n) is 4.87. The van der Waals surface area contributed by atoms with Crippen LogP contribution in [-0.2, 0) is 6.42 Å². The van der Waals surface area contributed by atoms with Crippen LogP contribution in [0.5, 0.6) is 0 Å². The lowest BCUT2D eigenvalue weighted by molar-refractivity contribution is 0.889. The van der Waals surface area contributed by atoms with E-state index in [0.29, 0.717) is 11.0 Å². The van der Waals surface area contributed by atoms with Crippen molar-refractivity contribution in [2.45, 2.75) is 30.5 Å². The number of aromatic amines is 1. The molecule has 84 valence electrons. The fourth-order valence-electron chi connectivity index (χ4n) is 1.16. The van der Waals surface area contributed by atoms with Crippen molar-refractivity contribution in [2.75, 3.05) is 5.73 Å². The van der Waals surface area contributed by atoms with Gasteiger partial charge in [0.05, 0.1) is 0 Å². The Labute approximate surface area is 97.1 Å². The summed E-state index contributed by atoms with van der Waals surface area (Å²) < 4.78 is 0. The van der Waals surface area contributed by atoms with Crippen LogP contribution in [0.25, 0.3) is 0 Å². The van der Waals surface area contributed by atoms with Gasteiger partial charge in [-0.1, -0.05) is 6.92 Å². The highest BCUT2D eigenvalue weighted by molar-refractivity contribution is 7.99. The first-order chi connectivity index (χ1) is 7.67. The summed E-state index contributed by atoms with van der Waals surface area (Å²) in [6.45, 7) is 3.84. The third-order valence-corrected chi connectivity index (χ3v) is 2.64. The van der Waals surface area contributed by atoms with Crippen molar-refractivity contribution >= 4 is 17.6 Å². The summed E-state index contributed by atoms with van der Waals surface area (Å²) in [5.74, 6) is 1.98. The van der Waals surface area contributed by atoms with Gasteiger partial charge in [0.1, 0.15) is 22.5 Å². The minimum absolute atomic E-state index is 0.474. The van der Waals surface area contributed by atoms with Crippen LogP contribution in [0, 0.1) is 6.92 Å². The molecule has 0 bridgehead atoms. The maximum absolute atomic E-state index is 5.68. The number of nitrogen functional groups attached to an aromatic ring is 1. The van der Waals surface area contributed by atoms with Crippen molar-refractivity contribution in [3.05, 3.63) is 17.7 Å². The van der Waals surface area contributed by atoms with Crippen molar-refractivity contribution in [1.82, 2.24) is 25.1 Å². The molecule has 0 unspecified atom stereocenters. The molecule has 6 nitrogen and oxygen atoms in total. The number of aryl methyl sites for hydroxylation is 2. The van der Waals surface area contributed by atoms with E-state index in [1.807, 2.05) is 13.8 Å². The third kappa shape index (κ3) is 2.48. The quantitative estimate of drug-likeness (QED) is 0.778. The van der Waals surface area contributed by atoms with Gasteiger partial charge in [0, 0.05) is 12.5 Å². The van der Waals surface area contributed by atoms with Crippen LogP contribution in [0.15, 0.2) is 16.2 Å². The summed E-state index contributed by atoms with van der Waals surface area (Å²) in [4.78, 5) is 12.6. The highest BCUT2D eigenvalue weighted by Gasteiger charge is 2.06. The molecule has 2 aromatic heterocycles. The average molecular weight is 236 g/mol. The first kappa shape index (κ1) is 10.9. The zero-order valence-electron chi connectivity index (χ0n) is 9.06. The van der Waals surface area contributed by atoms with Crippen molar-refractivity contribution in [1.29, 1.82) is 0 Å². The van der Waals surface area contributed by atoms with Crippen LogP contribution in [0.3, 0.4) is 0 Å². The van der Waals surface area contributed by atoms with Crippen LogP contribution >= 0.6 is 11.8 Å². The standard InChI is InChI=1S/C9H12N6S/c1-3-7-12-6(10)4-8(13-7)16-9-11-5(2)14-15-9/h4H,3H2,1-2H3,(H2,10,12,13)(H,11,14,15). The lowest BCUT2D eigenvalue weighted by Gasteiger charge is -2.01. The molecular weight excluding hydrogens is 224 g/mol. The van der Waals surface area contributed by atoms with Gasteiger partial charge in [-0.15, -0.1) is 5.10 Å². The maximum atomic E-state index is 5.68. The van der Waals surface area contributed by atoms with Crippen LogP contribution < -0.4 is 5.73 Å². The Balaban J connectivity index is 2.24. The molecule has 0 aliphatic carbocycles. The van der Waals surface area contributed by atoms with E-state index < -0.39 is 0 Å². The molecule has 2 rings (SSSR count). The molecule has 0 aliphatic rings. The van der Waals surface area contributed by atoms with Crippen molar-refractivity contribution in [3.63, 3.8) is 0 Å². The molecule has 2 heterocycles. The molecule has 0 atom stereocenters. The van der Waals surface area contributed by atoms with Gasteiger partial charge >= 0.3 is 0 Å². The topological polar surface area (TPSA) is 93.4 Å². The van der Waals surface area contributed by atoms with Gasteiger partial charge in [0.2, 0.25) is 5.16 Å². The van der Waals surface area contributed by atoms with Crippen molar-refractivity contribution < 1.29 is 0 Å². The minimum Gasteiger partial charge on any atom is -0.384 e. The fraction of sp³-hybridized carbons (Fsp3) is 0.333. The molecule has 7 heteroatoms. The number of anilines is 1. The van der Waals surface area contributed by atoms with Gasteiger partial charge in [-0.05, 0) is 18.7 Å². The molecule has 0 fully saturated rings. The number of hydrogen-bond acceptors (Lipinski definition) is 6. The molecule has 0 saturated carbocycles. The summed E-state index contributed by atoms with van der Waals surface area (Å²) in [6, 6.07) is 1.72. The molecule has 0 radical (unpaired) electrons. The summed E-state index contributed by atoms with van der Waals surface area (Å²) in [7, 11) is 0. The number of aromatic nitrogens is 5. The average Bonchev–Trinajstić information content (AvgIpc) is 2.63. The smallest absolute Gasteiger partial charge is 0.214 e. The second kappa shape index (κ2) is 4.48. The number of nitrogens with zero attached hydrogens (tertiary/aromatic N) is 4. The Morgan fingerprint density at radius 2 is 2.19 bits per heavy atom. The Bertz CT molecular complexity index is 494. The number of nitrogens with two attached hydrogens (primary N) is 1. The monoisotopic (exact) mass is 236 g/mol. The van der Waals surface area contributed by atoms with Crippen LogP contribution in [0.2, 0.25) is 0 Å². The van der Waals surface area contributed by atoms with E-state index in [-0.39, 0.29) is 0 Å². The van der Waals surface area contributed by atoms with Crippen LogP contribution in [0.4, 0.5) is 5.82 Å². The van der Waals surface area contributed by atoms with E-state index in [1.54, 1.807) is 6.07 Å². The molecule has 0 aliphatic heterocycles. The minimum atomic E-state index is 0.474. The molecule has 0 saturated heterocycles. The van der Waals surface area contributed by atoms with Gasteiger partial charge in [0.25, 0.3) is 0 Å². The predicted molar refractivity (Wildman–Crippen MR) is 61.1 cm³/mol. The lowest BCUT2D eigenvalue weighted by atomic mass is 10.4. The van der Waals surface area contributed by atoms with E-state index in [2.05, 4.69) is 25.1 Å². The van der Waals surface area contributed by atoms with Crippen molar-refractivity contribution in [3.8, 4) is 0 Å². The first-order valence-corrected chi connectivity index (χ1v) is 5.69. The number of rotatable bonds is 3. The second-order valence-corrected chi connectivity index (χ2v) is 4.19. The van der Waals surface area contributed by atoms with E-state index in [1.165, 1.54) is 11.8 Å². The van der Waals surface area contributed by atoms with Crippen LogP contribution in [0.1, 0.15) is 18.6 Å². The largest absolute Gasteiger partial charge is 0.384 e. The van der Waals surface area contributed by atoms with Crippen LogP contribution in [-0.4, -0.2) is 25.1 Å². The highest BCUT2D eigenvalue weighted by atomic mass is 32.2. The molecule has 0 spiro atoms. The third-order valence-electron chi connectivity index (χ3n) is 1.86. The lowest BCUT2D eigenvalue weighted by Crippen LogP contribution is -1.99. The van der Waals surface area contributed by atoms with E-state index >= 15 is 0 Å². The van der Waals surface area contributed by atoms with Gasteiger partial charge in [-0.3, -0.25) is 5.10 Å². The predicted octanol–water partition coefficient (Wildman–Crippen LogP) is 1.20. The molecule has 0 amide bonds. The van der Waals surface area contributed by atoms with Gasteiger partial charge in [-0.25, -0.2) is 15.0 Å². The number of H-pyrrole nitrogens is 1. The van der Waals surface area contributed by atoms with Gasteiger partial charge in [-0.2, -0.15) is 0 Å². The highest BCUT2D eigenvalue weighted by Crippen LogP contribution is 2.23. The Morgan fingerprint density at radius 3 is 2.81 bits per heavy atom. The zero-order valence-corrected chi connectivity index (χ0v) is 9.88. The Morgan fingerprint density at radius 1 is 1.38 bits per heavy atom. The molecule has 16 heavy (non-hydrogen) atoms. The fourth-order valence-corrected chi connectivity index (χ4v) is 1.96. The SMILES string of the molecule is CCc1nc(N)cc(Sc2n[nH]c(C)n2)n1. The normalized spacial score (nSPS) is 10.6. The van der Waals surface area contributed by atoms with E-state index in [0.717, 1.165) is 23.1 Å². The number of hydrogen-bond donors (Lipinski definition) is 2. The molecule has 3 N–H and O–H groups in total.